The van der Waals surface area contributed by atoms with Gasteiger partial charge in [-0.3, -0.25) is 9.78 Å². The molecule has 0 atom stereocenters. The molecule has 0 unspecified atom stereocenters. The number of rotatable bonds is 3. The first kappa shape index (κ1) is 9.85. The van der Waals surface area contributed by atoms with Crippen LogP contribution in [-0.4, -0.2) is 32.8 Å². The molecule has 0 aromatic carbocycles. The number of hydrogen-bond donors (Lipinski definition) is 2. The maximum absolute atomic E-state index is 11.3. The molecule has 0 spiro atoms. The molecule has 0 radical (unpaired) electrons. The summed E-state index contributed by atoms with van der Waals surface area (Å²) in [7, 11) is 0. The van der Waals surface area contributed by atoms with Crippen molar-refractivity contribution in [1.82, 2.24) is 4.98 Å². The van der Waals surface area contributed by atoms with Crippen molar-refractivity contribution in [3.8, 4) is 0 Å². The number of pyridine rings is 1. The van der Waals surface area contributed by atoms with E-state index in [9.17, 15) is 9.59 Å². The Labute approximate surface area is 78.5 Å². The summed E-state index contributed by atoms with van der Waals surface area (Å²) in [6.07, 6.45) is 2.63. The van der Waals surface area contributed by atoms with Gasteiger partial charge < -0.3 is 10.3 Å². The Hall–Kier alpha value is -2.24. The molecule has 1 heterocycles. The molecule has 1 rings (SSSR count). The van der Waals surface area contributed by atoms with E-state index in [-0.39, 0.29) is 5.56 Å². The second-order valence-corrected chi connectivity index (χ2v) is 2.32. The van der Waals surface area contributed by atoms with E-state index in [2.05, 4.69) is 10.1 Å². The van der Waals surface area contributed by atoms with Gasteiger partial charge in [-0.25, -0.2) is 4.79 Å². The molecule has 0 amide bonds. The molecule has 1 aromatic heterocycles. The zero-order chi connectivity index (χ0) is 10.6. The van der Waals surface area contributed by atoms with E-state index in [1.807, 2.05) is 0 Å². The molecule has 2 N–H and O–H groups in total. The Balaban J connectivity index is 3.02. The van der Waals surface area contributed by atoms with E-state index in [4.69, 9.17) is 10.3 Å². The van der Waals surface area contributed by atoms with Gasteiger partial charge in [0.25, 0.3) is 0 Å². The summed E-state index contributed by atoms with van der Waals surface area (Å²) >= 11 is 0. The molecule has 14 heavy (non-hydrogen) atoms. The first-order valence-corrected chi connectivity index (χ1v) is 3.57. The molecule has 6 heteroatoms. The lowest BCUT2D eigenvalue weighted by Crippen LogP contribution is -2.24. The summed E-state index contributed by atoms with van der Waals surface area (Å²) in [5, 5.41) is 19.2. The van der Waals surface area contributed by atoms with Crippen LogP contribution in [0, 0.1) is 0 Å². The molecule has 0 fully saturated rings. The van der Waals surface area contributed by atoms with Crippen LogP contribution < -0.4 is 0 Å². The fourth-order valence-electron chi connectivity index (χ4n) is 0.819. The van der Waals surface area contributed by atoms with Gasteiger partial charge in [-0.1, -0.05) is 5.16 Å². The van der Waals surface area contributed by atoms with Gasteiger partial charge in [0.15, 0.2) is 0 Å². The van der Waals surface area contributed by atoms with Gasteiger partial charge in [-0.05, 0) is 12.1 Å². The standard InChI is InChI=1S/C8H6N2O4/c11-7(6(10-14)8(12)13)5-2-1-3-9-4-5/h1-4,14H,(H,12,13). The predicted molar refractivity (Wildman–Crippen MR) is 45.4 cm³/mol. The summed E-state index contributed by atoms with van der Waals surface area (Å²) in [6.45, 7) is 0. The van der Waals surface area contributed by atoms with Crippen molar-refractivity contribution in [1.29, 1.82) is 0 Å². The minimum absolute atomic E-state index is 0.0581. The summed E-state index contributed by atoms with van der Waals surface area (Å²) in [5.74, 6) is -2.46. The minimum Gasteiger partial charge on any atom is -0.476 e. The summed E-state index contributed by atoms with van der Waals surface area (Å²) in [6, 6.07) is 2.85. The maximum atomic E-state index is 11.3. The lowest BCUT2D eigenvalue weighted by Gasteiger charge is -1.97. The van der Waals surface area contributed by atoms with Crippen molar-refractivity contribution >= 4 is 17.5 Å². The fourth-order valence-corrected chi connectivity index (χ4v) is 0.819. The SMILES string of the molecule is O=C(O)C(=NO)C(=O)c1cccnc1. The Kier molecular flexibility index (Phi) is 2.90. The molecule has 72 valence electrons. The van der Waals surface area contributed by atoms with Crippen molar-refractivity contribution in [2.24, 2.45) is 5.16 Å². The average molecular weight is 194 g/mol. The number of nitrogens with zero attached hydrogens (tertiary/aromatic N) is 2. The van der Waals surface area contributed by atoms with Crippen molar-refractivity contribution < 1.29 is 19.9 Å². The Morgan fingerprint density at radius 3 is 2.57 bits per heavy atom. The van der Waals surface area contributed by atoms with Crippen LogP contribution in [0.4, 0.5) is 0 Å². The quantitative estimate of drug-likeness (QED) is 0.235. The number of aromatic nitrogens is 1. The number of carbonyl (C=O) groups is 2. The lowest BCUT2D eigenvalue weighted by atomic mass is 10.1. The molecule has 0 bridgehead atoms. The Morgan fingerprint density at radius 2 is 2.14 bits per heavy atom. The van der Waals surface area contributed by atoms with Crippen LogP contribution in [-0.2, 0) is 4.79 Å². The number of aliphatic carboxylic acids is 1. The molecule has 6 nitrogen and oxygen atoms in total. The largest absolute Gasteiger partial charge is 0.476 e. The van der Waals surface area contributed by atoms with Crippen LogP contribution in [0.5, 0.6) is 0 Å². The summed E-state index contributed by atoms with van der Waals surface area (Å²) < 4.78 is 0. The van der Waals surface area contributed by atoms with Crippen LogP contribution in [0.1, 0.15) is 10.4 Å². The third-order valence-corrected chi connectivity index (χ3v) is 1.44. The maximum Gasteiger partial charge on any atom is 0.362 e. The molecule has 0 saturated carbocycles. The number of hydrogen-bond acceptors (Lipinski definition) is 5. The number of ketones is 1. The second-order valence-electron chi connectivity index (χ2n) is 2.32. The van der Waals surface area contributed by atoms with E-state index in [1.54, 1.807) is 0 Å². The molecule has 0 aliphatic carbocycles. The average Bonchev–Trinajstić information content (AvgIpc) is 2.19. The van der Waals surface area contributed by atoms with Gasteiger partial charge in [0.1, 0.15) is 0 Å². The number of Topliss-reactive ketones (excluding diaryl/α,β-unsaturated/α-hetero) is 1. The summed E-state index contributed by atoms with van der Waals surface area (Å²) in [4.78, 5) is 25.4. The Morgan fingerprint density at radius 1 is 1.43 bits per heavy atom. The van der Waals surface area contributed by atoms with Crippen LogP contribution in [0.15, 0.2) is 29.7 Å². The molecular formula is C8H6N2O4. The number of oxime groups is 1. The third kappa shape index (κ3) is 1.92. The van der Waals surface area contributed by atoms with Crippen molar-refractivity contribution in [3.05, 3.63) is 30.1 Å². The molecule has 0 saturated heterocycles. The topological polar surface area (TPSA) is 99.9 Å². The first-order chi connectivity index (χ1) is 6.66. The highest BCUT2D eigenvalue weighted by atomic mass is 16.4. The number of carboxylic acids is 1. The van der Waals surface area contributed by atoms with Gasteiger partial charge >= 0.3 is 5.97 Å². The van der Waals surface area contributed by atoms with Gasteiger partial charge in [-0.15, -0.1) is 0 Å². The van der Waals surface area contributed by atoms with Crippen LogP contribution in [0.3, 0.4) is 0 Å². The molecule has 0 aliphatic heterocycles. The fraction of sp³-hybridized carbons (Fsp3) is 0. The molecule has 1 aromatic rings. The highest BCUT2D eigenvalue weighted by Gasteiger charge is 2.21. The van der Waals surface area contributed by atoms with E-state index < -0.39 is 17.5 Å². The highest BCUT2D eigenvalue weighted by Crippen LogP contribution is 1.99. The van der Waals surface area contributed by atoms with E-state index in [0.29, 0.717) is 0 Å². The van der Waals surface area contributed by atoms with Crippen LogP contribution in [0.25, 0.3) is 0 Å². The zero-order valence-corrected chi connectivity index (χ0v) is 6.91. The van der Waals surface area contributed by atoms with E-state index in [0.717, 1.165) is 0 Å². The smallest absolute Gasteiger partial charge is 0.362 e. The zero-order valence-electron chi connectivity index (χ0n) is 6.91. The monoisotopic (exact) mass is 194 g/mol. The first-order valence-electron chi connectivity index (χ1n) is 3.57. The number of carbonyl (C=O) groups excluding carboxylic acids is 1. The normalized spacial score (nSPS) is 11.0. The molecular weight excluding hydrogens is 188 g/mol. The van der Waals surface area contributed by atoms with Gasteiger partial charge in [0.2, 0.25) is 11.5 Å². The van der Waals surface area contributed by atoms with Gasteiger partial charge in [0, 0.05) is 18.0 Å². The van der Waals surface area contributed by atoms with Crippen molar-refractivity contribution in [2.75, 3.05) is 0 Å². The van der Waals surface area contributed by atoms with Crippen molar-refractivity contribution in [2.45, 2.75) is 0 Å². The number of carboxylic acid groups (broad SMARTS) is 1. The highest BCUT2D eigenvalue weighted by molar-refractivity contribution is 6.67. The predicted octanol–water partition coefficient (Wildman–Crippen LogP) is 0.179. The van der Waals surface area contributed by atoms with Crippen LogP contribution >= 0.6 is 0 Å². The lowest BCUT2D eigenvalue weighted by molar-refractivity contribution is -0.129. The van der Waals surface area contributed by atoms with E-state index >= 15 is 0 Å². The minimum atomic E-state index is -1.58. The third-order valence-electron chi connectivity index (χ3n) is 1.44. The molecule has 0 aliphatic rings. The van der Waals surface area contributed by atoms with Gasteiger partial charge in [0.05, 0.1) is 0 Å². The van der Waals surface area contributed by atoms with E-state index in [1.165, 1.54) is 24.5 Å². The summed E-state index contributed by atoms with van der Waals surface area (Å²) in [5.41, 5.74) is -0.874. The second kappa shape index (κ2) is 4.13. The Bertz CT molecular complexity index is 386. The van der Waals surface area contributed by atoms with Gasteiger partial charge in [-0.2, -0.15) is 0 Å². The van der Waals surface area contributed by atoms with Crippen LogP contribution in [0.2, 0.25) is 0 Å². The van der Waals surface area contributed by atoms with Crippen molar-refractivity contribution in [3.63, 3.8) is 0 Å².